The quantitative estimate of drug-likeness (QED) is 0.712. The number of esters is 1. The summed E-state index contributed by atoms with van der Waals surface area (Å²) < 4.78 is 9.88. The molecule has 5 heteroatoms. The van der Waals surface area contributed by atoms with Gasteiger partial charge in [0, 0.05) is 7.05 Å². The molecule has 5 nitrogen and oxygen atoms in total. The van der Waals surface area contributed by atoms with Gasteiger partial charge in [0.2, 0.25) is 0 Å². The first-order valence-corrected chi connectivity index (χ1v) is 5.76. The number of carbonyl (C=O) groups excluding carboxylic acids is 2. The van der Waals surface area contributed by atoms with E-state index in [4.69, 9.17) is 4.74 Å². The van der Waals surface area contributed by atoms with Crippen LogP contribution in [0.5, 0.6) is 0 Å². The van der Waals surface area contributed by atoms with Gasteiger partial charge < -0.3 is 9.47 Å². The minimum absolute atomic E-state index is 0.416. The summed E-state index contributed by atoms with van der Waals surface area (Å²) in [6, 6.07) is -0.583. The second-order valence-electron chi connectivity index (χ2n) is 4.92. The number of ether oxygens (including phenoxy) is 2. The summed E-state index contributed by atoms with van der Waals surface area (Å²) in [6.07, 6.45) is 0.830. The number of hydrogen-bond acceptors (Lipinski definition) is 4. The topological polar surface area (TPSA) is 55.8 Å². The van der Waals surface area contributed by atoms with E-state index in [9.17, 15) is 9.59 Å². The van der Waals surface area contributed by atoms with Gasteiger partial charge in [-0.05, 0) is 27.2 Å². The fourth-order valence-corrected chi connectivity index (χ4v) is 1.34. The molecule has 0 radical (unpaired) electrons. The Hall–Kier alpha value is -1.26. The lowest BCUT2D eigenvalue weighted by molar-refractivity contribution is -0.146. The standard InChI is InChI=1S/C12H23NO4/c1-7-8-9(10(14)16-6)13(5)11(15)17-12(2,3)4/h9H,7-8H2,1-6H3/t9-/m1/s1. The number of likely N-dealkylation sites (N-methyl/N-ethyl adjacent to an activating group) is 1. The Morgan fingerprint density at radius 1 is 1.29 bits per heavy atom. The first kappa shape index (κ1) is 15.7. The molecule has 100 valence electrons. The first-order chi connectivity index (χ1) is 7.72. The van der Waals surface area contributed by atoms with Gasteiger partial charge in [-0.25, -0.2) is 9.59 Å². The van der Waals surface area contributed by atoms with E-state index in [0.717, 1.165) is 6.42 Å². The van der Waals surface area contributed by atoms with E-state index in [-0.39, 0.29) is 0 Å². The molecule has 0 saturated carbocycles. The third-order valence-corrected chi connectivity index (χ3v) is 2.18. The van der Waals surface area contributed by atoms with Crippen molar-refractivity contribution >= 4 is 12.1 Å². The Bertz CT molecular complexity index is 270. The van der Waals surface area contributed by atoms with Crippen molar-refractivity contribution in [2.75, 3.05) is 14.2 Å². The van der Waals surface area contributed by atoms with Crippen molar-refractivity contribution in [2.24, 2.45) is 0 Å². The van der Waals surface area contributed by atoms with Gasteiger partial charge in [0.25, 0.3) is 0 Å². The van der Waals surface area contributed by atoms with Crippen molar-refractivity contribution in [1.29, 1.82) is 0 Å². The third kappa shape index (κ3) is 5.56. The van der Waals surface area contributed by atoms with Crippen LogP contribution in [0.2, 0.25) is 0 Å². The molecule has 0 aromatic carbocycles. The Kier molecular flexibility index (Phi) is 5.99. The van der Waals surface area contributed by atoms with Crippen LogP contribution in [0.4, 0.5) is 4.79 Å². The van der Waals surface area contributed by atoms with E-state index in [1.807, 2.05) is 6.92 Å². The van der Waals surface area contributed by atoms with Gasteiger partial charge >= 0.3 is 12.1 Å². The number of hydrogen-bond donors (Lipinski definition) is 0. The number of amides is 1. The smallest absolute Gasteiger partial charge is 0.410 e. The van der Waals surface area contributed by atoms with Crippen molar-refractivity contribution < 1.29 is 19.1 Å². The maximum atomic E-state index is 11.8. The van der Waals surface area contributed by atoms with Crippen molar-refractivity contribution in [3.05, 3.63) is 0 Å². The van der Waals surface area contributed by atoms with Crippen LogP contribution in [0.25, 0.3) is 0 Å². The lowest BCUT2D eigenvalue weighted by Gasteiger charge is -2.29. The SMILES string of the molecule is CCC[C@H](C(=O)OC)N(C)C(=O)OC(C)(C)C. The molecule has 0 spiro atoms. The Morgan fingerprint density at radius 2 is 1.82 bits per heavy atom. The zero-order valence-corrected chi connectivity index (χ0v) is 11.6. The van der Waals surface area contributed by atoms with Crippen molar-refractivity contribution in [2.45, 2.75) is 52.2 Å². The molecular formula is C12H23NO4. The fraction of sp³-hybridized carbons (Fsp3) is 0.833. The van der Waals surface area contributed by atoms with Crippen molar-refractivity contribution in [1.82, 2.24) is 4.90 Å². The van der Waals surface area contributed by atoms with Crippen LogP contribution in [0.1, 0.15) is 40.5 Å². The molecule has 1 atom stereocenters. The molecule has 0 N–H and O–H groups in total. The lowest BCUT2D eigenvalue weighted by Crippen LogP contribution is -2.45. The second-order valence-corrected chi connectivity index (χ2v) is 4.92. The zero-order valence-electron chi connectivity index (χ0n) is 11.6. The van der Waals surface area contributed by atoms with Gasteiger partial charge in [-0.1, -0.05) is 13.3 Å². The minimum atomic E-state index is -0.583. The number of carbonyl (C=O) groups is 2. The minimum Gasteiger partial charge on any atom is -0.467 e. The highest BCUT2D eigenvalue weighted by atomic mass is 16.6. The van der Waals surface area contributed by atoms with E-state index in [2.05, 4.69) is 4.74 Å². The van der Waals surface area contributed by atoms with E-state index < -0.39 is 23.7 Å². The monoisotopic (exact) mass is 245 g/mol. The molecule has 0 heterocycles. The highest BCUT2D eigenvalue weighted by Gasteiger charge is 2.30. The summed E-state index contributed by atoms with van der Waals surface area (Å²) in [5.74, 6) is -0.416. The molecular weight excluding hydrogens is 222 g/mol. The third-order valence-electron chi connectivity index (χ3n) is 2.18. The average Bonchev–Trinajstić information content (AvgIpc) is 2.21. The highest BCUT2D eigenvalue weighted by Crippen LogP contribution is 2.13. The molecule has 0 aliphatic heterocycles. The summed E-state index contributed by atoms with van der Waals surface area (Å²) in [5, 5.41) is 0. The van der Waals surface area contributed by atoms with Gasteiger partial charge in [0.05, 0.1) is 7.11 Å². The summed E-state index contributed by atoms with van der Waals surface area (Å²) in [4.78, 5) is 24.6. The van der Waals surface area contributed by atoms with Gasteiger partial charge in [-0.15, -0.1) is 0 Å². The summed E-state index contributed by atoms with van der Waals surface area (Å²) >= 11 is 0. The zero-order chi connectivity index (χ0) is 13.6. The average molecular weight is 245 g/mol. The molecule has 0 unspecified atom stereocenters. The number of methoxy groups -OCH3 is 1. The maximum absolute atomic E-state index is 11.8. The predicted molar refractivity (Wildman–Crippen MR) is 64.7 cm³/mol. The Morgan fingerprint density at radius 3 is 2.18 bits per heavy atom. The largest absolute Gasteiger partial charge is 0.467 e. The molecule has 0 aromatic rings. The van der Waals surface area contributed by atoms with Crippen molar-refractivity contribution in [3.63, 3.8) is 0 Å². The predicted octanol–water partition coefficient (Wildman–Crippen LogP) is 2.20. The first-order valence-electron chi connectivity index (χ1n) is 5.76. The van der Waals surface area contributed by atoms with Crippen LogP contribution < -0.4 is 0 Å². The second kappa shape index (κ2) is 6.47. The highest BCUT2D eigenvalue weighted by molar-refractivity contribution is 5.81. The molecule has 0 rings (SSSR count). The Balaban J connectivity index is 4.66. The molecule has 0 aromatic heterocycles. The molecule has 0 bridgehead atoms. The summed E-state index contributed by atoms with van der Waals surface area (Å²) in [7, 11) is 2.86. The van der Waals surface area contributed by atoms with Crippen LogP contribution in [0.15, 0.2) is 0 Å². The van der Waals surface area contributed by atoms with Crippen LogP contribution in [-0.4, -0.2) is 42.8 Å². The number of rotatable bonds is 4. The van der Waals surface area contributed by atoms with Gasteiger partial charge in [-0.2, -0.15) is 0 Å². The van der Waals surface area contributed by atoms with E-state index in [1.165, 1.54) is 12.0 Å². The normalized spacial score (nSPS) is 12.8. The van der Waals surface area contributed by atoms with Crippen LogP contribution >= 0.6 is 0 Å². The maximum Gasteiger partial charge on any atom is 0.410 e. The van der Waals surface area contributed by atoms with Crippen LogP contribution in [-0.2, 0) is 14.3 Å². The van der Waals surface area contributed by atoms with E-state index in [0.29, 0.717) is 6.42 Å². The molecule has 1 amide bonds. The lowest BCUT2D eigenvalue weighted by atomic mass is 10.1. The molecule has 17 heavy (non-hydrogen) atoms. The van der Waals surface area contributed by atoms with Gasteiger partial charge in [0.1, 0.15) is 11.6 Å². The molecule has 0 saturated heterocycles. The van der Waals surface area contributed by atoms with Crippen molar-refractivity contribution in [3.8, 4) is 0 Å². The van der Waals surface area contributed by atoms with Gasteiger partial charge in [0.15, 0.2) is 0 Å². The fourth-order valence-electron chi connectivity index (χ4n) is 1.34. The van der Waals surface area contributed by atoms with E-state index >= 15 is 0 Å². The molecule has 0 aliphatic carbocycles. The summed E-state index contributed by atoms with van der Waals surface area (Å²) in [5.41, 5.74) is -0.571. The molecule has 0 fully saturated rings. The Labute approximate surface area is 103 Å². The molecule has 0 aliphatic rings. The van der Waals surface area contributed by atoms with Crippen LogP contribution in [0.3, 0.4) is 0 Å². The van der Waals surface area contributed by atoms with Crippen LogP contribution in [0, 0.1) is 0 Å². The summed E-state index contributed by atoms with van der Waals surface area (Å²) in [6.45, 7) is 7.29. The number of nitrogens with zero attached hydrogens (tertiary/aromatic N) is 1. The van der Waals surface area contributed by atoms with Gasteiger partial charge in [-0.3, -0.25) is 4.90 Å². The van der Waals surface area contributed by atoms with E-state index in [1.54, 1.807) is 27.8 Å².